The quantitative estimate of drug-likeness (QED) is 0.702. The highest BCUT2D eigenvalue weighted by Crippen LogP contribution is 2.31. The molecule has 1 aromatic rings. The van der Waals surface area contributed by atoms with Crippen LogP contribution in [-0.2, 0) is 0 Å². The molecule has 0 aliphatic rings. The van der Waals surface area contributed by atoms with Crippen LogP contribution >= 0.6 is 11.6 Å². The van der Waals surface area contributed by atoms with E-state index in [4.69, 9.17) is 16.3 Å². The van der Waals surface area contributed by atoms with Gasteiger partial charge in [-0.1, -0.05) is 24.6 Å². The van der Waals surface area contributed by atoms with E-state index in [0.29, 0.717) is 5.92 Å². The molecular weight excluding hydrogens is 208 g/mol. The number of hydrogen-bond acceptors (Lipinski definition) is 1. The Bertz CT molecular complexity index is 320. The Hall–Kier alpha value is -0.690. The Morgan fingerprint density at radius 1 is 1.33 bits per heavy atom. The molecule has 2 heteroatoms. The number of hydrogen-bond donors (Lipinski definition) is 0. The molecule has 0 saturated carbocycles. The second kappa shape index (κ2) is 5.41. The molecule has 84 valence electrons. The van der Waals surface area contributed by atoms with Crippen LogP contribution < -0.4 is 4.74 Å². The predicted molar refractivity (Wildman–Crippen MR) is 66.1 cm³/mol. The second-order valence-corrected chi connectivity index (χ2v) is 4.91. The Balaban J connectivity index is 2.94. The zero-order chi connectivity index (χ0) is 11.4. The van der Waals surface area contributed by atoms with Crippen LogP contribution in [0.2, 0.25) is 0 Å². The Morgan fingerprint density at radius 3 is 2.53 bits per heavy atom. The molecule has 1 aromatic carbocycles. The maximum absolute atomic E-state index is 6.02. The van der Waals surface area contributed by atoms with Crippen LogP contribution in [0.1, 0.15) is 37.3 Å². The third-order valence-corrected chi connectivity index (χ3v) is 2.77. The lowest BCUT2D eigenvalue weighted by molar-refractivity contribution is 0.405. The van der Waals surface area contributed by atoms with E-state index in [2.05, 4.69) is 26.0 Å². The molecular formula is C13H19ClO. The number of halogens is 1. The molecule has 0 heterocycles. The fraction of sp³-hybridized carbons (Fsp3) is 0.538. The van der Waals surface area contributed by atoms with Gasteiger partial charge in [0.15, 0.2) is 0 Å². The van der Waals surface area contributed by atoms with E-state index < -0.39 is 0 Å². The van der Waals surface area contributed by atoms with Crippen molar-refractivity contribution in [3.63, 3.8) is 0 Å². The van der Waals surface area contributed by atoms with E-state index >= 15 is 0 Å². The molecule has 0 radical (unpaired) electrons. The van der Waals surface area contributed by atoms with Crippen molar-refractivity contribution in [3.05, 3.63) is 29.3 Å². The summed E-state index contributed by atoms with van der Waals surface area (Å²) in [7, 11) is 1.71. The number of alkyl halides is 1. The van der Waals surface area contributed by atoms with Crippen LogP contribution in [0.5, 0.6) is 5.75 Å². The minimum atomic E-state index is 0.199. The fourth-order valence-corrected chi connectivity index (χ4v) is 2.12. The van der Waals surface area contributed by atoms with Gasteiger partial charge in [-0.15, -0.1) is 11.6 Å². The summed E-state index contributed by atoms with van der Waals surface area (Å²) in [6, 6.07) is 6.28. The minimum Gasteiger partial charge on any atom is -0.496 e. The number of aryl methyl sites for hydroxylation is 1. The average Bonchev–Trinajstić information content (AvgIpc) is 2.16. The van der Waals surface area contributed by atoms with Gasteiger partial charge in [-0.25, -0.2) is 0 Å². The van der Waals surface area contributed by atoms with E-state index in [-0.39, 0.29) is 5.38 Å². The number of methoxy groups -OCH3 is 1. The number of ether oxygens (including phenoxy) is 1. The molecule has 0 aromatic heterocycles. The first-order valence-corrected chi connectivity index (χ1v) is 5.76. The van der Waals surface area contributed by atoms with Gasteiger partial charge in [0, 0.05) is 5.38 Å². The summed E-state index contributed by atoms with van der Waals surface area (Å²) >= 11 is 6.02. The molecule has 0 fully saturated rings. The van der Waals surface area contributed by atoms with Gasteiger partial charge in [0.1, 0.15) is 5.75 Å². The standard InChI is InChI=1S/C13H19ClO/c1-9-5-6-13(15-4)12(7-9)10(2)8-11(3)14/h5-7,10-11H,8H2,1-4H3. The van der Waals surface area contributed by atoms with Gasteiger partial charge in [0.05, 0.1) is 7.11 Å². The first-order valence-electron chi connectivity index (χ1n) is 5.33. The molecule has 0 aliphatic heterocycles. The van der Waals surface area contributed by atoms with E-state index in [1.807, 2.05) is 13.0 Å². The van der Waals surface area contributed by atoms with Crippen LogP contribution in [0.4, 0.5) is 0 Å². The third kappa shape index (κ3) is 3.42. The third-order valence-electron chi connectivity index (χ3n) is 2.59. The molecule has 0 aliphatic carbocycles. The summed E-state index contributed by atoms with van der Waals surface area (Å²) in [5, 5.41) is 0.199. The van der Waals surface area contributed by atoms with Crippen molar-refractivity contribution in [1.29, 1.82) is 0 Å². The zero-order valence-corrected chi connectivity index (χ0v) is 10.6. The lowest BCUT2D eigenvalue weighted by Gasteiger charge is -2.17. The molecule has 0 saturated heterocycles. The second-order valence-electron chi connectivity index (χ2n) is 4.16. The summed E-state index contributed by atoms with van der Waals surface area (Å²) in [5.74, 6) is 1.40. The van der Waals surface area contributed by atoms with Crippen LogP contribution in [0, 0.1) is 6.92 Å². The molecule has 0 spiro atoms. The molecule has 1 nitrogen and oxygen atoms in total. The van der Waals surface area contributed by atoms with E-state index in [1.165, 1.54) is 11.1 Å². The van der Waals surface area contributed by atoms with Crippen molar-refractivity contribution < 1.29 is 4.74 Å². The van der Waals surface area contributed by atoms with Crippen molar-refractivity contribution in [3.8, 4) is 5.75 Å². The molecule has 0 amide bonds. The summed E-state index contributed by atoms with van der Waals surface area (Å²) < 4.78 is 5.36. The lowest BCUT2D eigenvalue weighted by atomic mass is 9.94. The maximum atomic E-state index is 6.02. The summed E-state index contributed by atoms with van der Waals surface area (Å²) in [6.45, 7) is 6.32. The van der Waals surface area contributed by atoms with Crippen molar-refractivity contribution in [1.82, 2.24) is 0 Å². The first kappa shape index (κ1) is 12.4. The van der Waals surface area contributed by atoms with Gasteiger partial charge >= 0.3 is 0 Å². The molecule has 15 heavy (non-hydrogen) atoms. The lowest BCUT2D eigenvalue weighted by Crippen LogP contribution is -2.03. The van der Waals surface area contributed by atoms with Crippen molar-refractivity contribution >= 4 is 11.6 Å². The van der Waals surface area contributed by atoms with E-state index in [1.54, 1.807) is 7.11 Å². The Kier molecular flexibility index (Phi) is 4.46. The SMILES string of the molecule is COc1ccc(C)cc1C(C)CC(C)Cl. The summed E-state index contributed by atoms with van der Waals surface area (Å²) in [5.41, 5.74) is 2.52. The van der Waals surface area contributed by atoms with Crippen LogP contribution in [0.15, 0.2) is 18.2 Å². The molecule has 0 bridgehead atoms. The summed E-state index contributed by atoms with van der Waals surface area (Å²) in [4.78, 5) is 0. The first-order chi connectivity index (χ1) is 7.04. The number of rotatable bonds is 4. The highest BCUT2D eigenvalue weighted by atomic mass is 35.5. The minimum absolute atomic E-state index is 0.199. The van der Waals surface area contributed by atoms with Gasteiger partial charge in [-0.05, 0) is 37.8 Å². The topological polar surface area (TPSA) is 9.23 Å². The number of benzene rings is 1. The predicted octanol–water partition coefficient (Wildman–Crippen LogP) is 4.12. The van der Waals surface area contributed by atoms with Crippen LogP contribution in [0.3, 0.4) is 0 Å². The largest absolute Gasteiger partial charge is 0.496 e. The zero-order valence-electron chi connectivity index (χ0n) is 9.88. The normalized spacial score (nSPS) is 14.7. The highest BCUT2D eigenvalue weighted by molar-refractivity contribution is 6.20. The Labute approximate surface area is 97.4 Å². The van der Waals surface area contributed by atoms with Crippen molar-refractivity contribution in [2.45, 2.75) is 38.5 Å². The van der Waals surface area contributed by atoms with Gasteiger partial charge in [0.25, 0.3) is 0 Å². The van der Waals surface area contributed by atoms with E-state index in [0.717, 1.165) is 12.2 Å². The van der Waals surface area contributed by atoms with Crippen molar-refractivity contribution in [2.24, 2.45) is 0 Å². The van der Waals surface area contributed by atoms with Gasteiger partial charge in [-0.3, -0.25) is 0 Å². The van der Waals surface area contributed by atoms with Crippen molar-refractivity contribution in [2.75, 3.05) is 7.11 Å². The summed E-state index contributed by atoms with van der Waals surface area (Å²) in [6.07, 6.45) is 0.974. The Morgan fingerprint density at radius 2 is 2.00 bits per heavy atom. The van der Waals surface area contributed by atoms with Gasteiger partial charge in [0.2, 0.25) is 0 Å². The fourth-order valence-electron chi connectivity index (χ4n) is 1.85. The van der Waals surface area contributed by atoms with E-state index in [9.17, 15) is 0 Å². The van der Waals surface area contributed by atoms with Crippen LogP contribution in [0.25, 0.3) is 0 Å². The molecule has 0 N–H and O–H groups in total. The highest BCUT2D eigenvalue weighted by Gasteiger charge is 2.13. The van der Waals surface area contributed by atoms with Gasteiger partial charge < -0.3 is 4.74 Å². The smallest absolute Gasteiger partial charge is 0.122 e. The maximum Gasteiger partial charge on any atom is 0.122 e. The average molecular weight is 227 g/mol. The monoisotopic (exact) mass is 226 g/mol. The molecule has 2 atom stereocenters. The van der Waals surface area contributed by atoms with Crippen LogP contribution in [-0.4, -0.2) is 12.5 Å². The molecule has 2 unspecified atom stereocenters. The van der Waals surface area contributed by atoms with Gasteiger partial charge in [-0.2, -0.15) is 0 Å². The molecule has 1 rings (SSSR count).